The zero-order valence-electron chi connectivity index (χ0n) is 9.02. The smallest absolute Gasteiger partial charge is 0.107 e. The Kier molecular flexibility index (Phi) is 9.18. The van der Waals surface area contributed by atoms with Crippen LogP contribution in [0.4, 0.5) is 0 Å². The molecule has 0 rings (SSSR count). The van der Waals surface area contributed by atoms with Crippen molar-refractivity contribution in [2.45, 2.75) is 27.2 Å². The van der Waals surface area contributed by atoms with Gasteiger partial charge in [0.2, 0.25) is 0 Å². The normalized spacial score (nSPS) is 9.85. The van der Waals surface area contributed by atoms with Crippen LogP contribution < -0.4 is 5.32 Å². The van der Waals surface area contributed by atoms with Crippen LogP contribution in [0.2, 0.25) is 0 Å². The fraction of sp³-hybridized carbons (Fsp3) is 0.818. The largest absolute Gasteiger partial charge is 0.369 e. The van der Waals surface area contributed by atoms with Crippen LogP contribution in [0.3, 0.4) is 0 Å². The predicted molar refractivity (Wildman–Crippen MR) is 56.6 cm³/mol. The van der Waals surface area contributed by atoms with Gasteiger partial charge in [0.25, 0.3) is 0 Å². The molecule has 1 N–H and O–H groups in total. The first-order valence-electron chi connectivity index (χ1n) is 4.95. The Hall–Kier alpha value is -0.520. The van der Waals surface area contributed by atoms with E-state index in [1.165, 1.54) is 0 Å². The highest BCUT2D eigenvalue weighted by molar-refractivity contribution is 4.94. The number of hydrogen-bond donors (Lipinski definition) is 1. The van der Waals surface area contributed by atoms with Crippen molar-refractivity contribution in [3.05, 3.63) is 0 Å². The maximum atomic E-state index is 5.27. The van der Waals surface area contributed by atoms with Gasteiger partial charge < -0.3 is 10.1 Å². The molecule has 0 aromatic heterocycles. The van der Waals surface area contributed by atoms with Gasteiger partial charge in [0, 0.05) is 6.61 Å². The number of nitrogens with one attached hydrogen (secondary N) is 1. The Bertz CT molecular complexity index is 155. The Morgan fingerprint density at radius 1 is 1.38 bits per heavy atom. The number of hydrogen-bond acceptors (Lipinski definition) is 2. The maximum Gasteiger partial charge on any atom is 0.107 e. The van der Waals surface area contributed by atoms with Crippen molar-refractivity contribution in [2.24, 2.45) is 5.92 Å². The molecule has 0 saturated carbocycles. The summed E-state index contributed by atoms with van der Waals surface area (Å²) in [6.07, 6.45) is 1.07. The van der Waals surface area contributed by atoms with E-state index in [0.29, 0.717) is 6.61 Å². The number of ether oxygens (including phenoxy) is 1. The third-order valence-electron chi connectivity index (χ3n) is 1.55. The SMILES string of the molecule is CC#CCOCCCNCC(C)C. The molecule has 0 amide bonds. The number of rotatable bonds is 7. The van der Waals surface area contributed by atoms with Crippen molar-refractivity contribution in [3.8, 4) is 11.8 Å². The summed E-state index contributed by atoms with van der Waals surface area (Å²) in [5.41, 5.74) is 0. The second-order valence-electron chi connectivity index (χ2n) is 3.43. The van der Waals surface area contributed by atoms with E-state index in [9.17, 15) is 0 Å². The summed E-state index contributed by atoms with van der Waals surface area (Å²) in [5, 5.41) is 3.36. The minimum Gasteiger partial charge on any atom is -0.369 e. The monoisotopic (exact) mass is 183 g/mol. The zero-order valence-corrected chi connectivity index (χ0v) is 9.02. The first-order chi connectivity index (χ1) is 6.27. The van der Waals surface area contributed by atoms with Crippen LogP contribution in [0.5, 0.6) is 0 Å². The van der Waals surface area contributed by atoms with Crippen LogP contribution in [0.25, 0.3) is 0 Å². The first-order valence-corrected chi connectivity index (χ1v) is 4.95. The van der Waals surface area contributed by atoms with Gasteiger partial charge >= 0.3 is 0 Å². The fourth-order valence-electron chi connectivity index (χ4n) is 0.885. The third-order valence-corrected chi connectivity index (χ3v) is 1.55. The Labute approximate surface area is 82.1 Å². The van der Waals surface area contributed by atoms with Crippen LogP contribution in [-0.2, 0) is 4.74 Å². The summed E-state index contributed by atoms with van der Waals surface area (Å²) in [4.78, 5) is 0. The van der Waals surface area contributed by atoms with Crippen molar-refractivity contribution in [3.63, 3.8) is 0 Å². The van der Waals surface area contributed by atoms with E-state index in [1.807, 2.05) is 6.92 Å². The van der Waals surface area contributed by atoms with E-state index >= 15 is 0 Å². The molecular formula is C11H21NO. The molecule has 0 radical (unpaired) electrons. The highest BCUT2D eigenvalue weighted by Gasteiger charge is 1.91. The molecular weight excluding hydrogens is 162 g/mol. The van der Waals surface area contributed by atoms with Crippen LogP contribution in [0.1, 0.15) is 27.2 Å². The fourth-order valence-corrected chi connectivity index (χ4v) is 0.885. The minimum absolute atomic E-state index is 0.570. The van der Waals surface area contributed by atoms with E-state index in [0.717, 1.165) is 32.0 Å². The molecule has 0 aliphatic carbocycles. The molecule has 2 heteroatoms. The van der Waals surface area contributed by atoms with Gasteiger partial charge in [0.15, 0.2) is 0 Å². The lowest BCUT2D eigenvalue weighted by atomic mass is 10.2. The Morgan fingerprint density at radius 3 is 2.77 bits per heavy atom. The summed E-state index contributed by atoms with van der Waals surface area (Å²) in [6.45, 7) is 9.75. The lowest BCUT2D eigenvalue weighted by Gasteiger charge is -2.06. The molecule has 0 aliphatic heterocycles. The van der Waals surface area contributed by atoms with Crippen molar-refractivity contribution < 1.29 is 4.74 Å². The van der Waals surface area contributed by atoms with Gasteiger partial charge in [-0.3, -0.25) is 0 Å². The van der Waals surface area contributed by atoms with Crippen LogP contribution >= 0.6 is 0 Å². The molecule has 0 heterocycles. The molecule has 0 saturated heterocycles. The van der Waals surface area contributed by atoms with E-state index in [-0.39, 0.29) is 0 Å². The molecule has 0 aliphatic rings. The first kappa shape index (κ1) is 12.5. The van der Waals surface area contributed by atoms with Crippen LogP contribution in [0.15, 0.2) is 0 Å². The summed E-state index contributed by atoms with van der Waals surface area (Å²) in [6, 6.07) is 0. The standard InChI is InChI=1S/C11H21NO/c1-4-5-8-13-9-6-7-12-10-11(2)3/h11-12H,6-10H2,1-3H3. The van der Waals surface area contributed by atoms with E-state index in [1.54, 1.807) is 0 Å². The summed E-state index contributed by atoms with van der Waals surface area (Å²) in [7, 11) is 0. The van der Waals surface area contributed by atoms with Gasteiger partial charge in [-0.25, -0.2) is 0 Å². The molecule has 0 fully saturated rings. The summed E-state index contributed by atoms with van der Waals surface area (Å²) in [5.74, 6) is 6.39. The van der Waals surface area contributed by atoms with E-state index in [4.69, 9.17) is 4.74 Å². The zero-order chi connectivity index (χ0) is 9.94. The van der Waals surface area contributed by atoms with Crippen molar-refractivity contribution in [1.82, 2.24) is 5.32 Å². The summed E-state index contributed by atoms with van der Waals surface area (Å²) >= 11 is 0. The highest BCUT2D eigenvalue weighted by atomic mass is 16.5. The van der Waals surface area contributed by atoms with Gasteiger partial charge in [0.1, 0.15) is 6.61 Å². The summed E-state index contributed by atoms with van der Waals surface area (Å²) < 4.78 is 5.27. The second-order valence-corrected chi connectivity index (χ2v) is 3.43. The third kappa shape index (κ3) is 11.5. The maximum absolute atomic E-state index is 5.27. The Morgan fingerprint density at radius 2 is 2.15 bits per heavy atom. The van der Waals surface area contributed by atoms with Gasteiger partial charge in [-0.05, 0) is 32.4 Å². The van der Waals surface area contributed by atoms with Crippen molar-refractivity contribution >= 4 is 0 Å². The average molecular weight is 183 g/mol. The lowest BCUT2D eigenvalue weighted by molar-refractivity contribution is 0.163. The van der Waals surface area contributed by atoms with Crippen LogP contribution in [0, 0.1) is 17.8 Å². The minimum atomic E-state index is 0.570. The van der Waals surface area contributed by atoms with E-state index < -0.39 is 0 Å². The molecule has 0 aromatic carbocycles. The molecule has 0 spiro atoms. The molecule has 76 valence electrons. The van der Waals surface area contributed by atoms with E-state index in [2.05, 4.69) is 31.0 Å². The molecule has 0 unspecified atom stereocenters. The van der Waals surface area contributed by atoms with Gasteiger partial charge in [-0.15, -0.1) is 5.92 Å². The average Bonchev–Trinajstić information content (AvgIpc) is 2.09. The molecule has 0 aromatic rings. The molecule has 0 bridgehead atoms. The van der Waals surface area contributed by atoms with Gasteiger partial charge in [-0.1, -0.05) is 19.8 Å². The molecule has 0 atom stereocenters. The molecule has 13 heavy (non-hydrogen) atoms. The van der Waals surface area contributed by atoms with Crippen LogP contribution in [-0.4, -0.2) is 26.3 Å². The lowest BCUT2D eigenvalue weighted by Crippen LogP contribution is -2.21. The van der Waals surface area contributed by atoms with Crippen molar-refractivity contribution in [2.75, 3.05) is 26.3 Å². The predicted octanol–water partition coefficient (Wildman–Crippen LogP) is 1.66. The van der Waals surface area contributed by atoms with Gasteiger partial charge in [-0.2, -0.15) is 0 Å². The molecule has 2 nitrogen and oxygen atoms in total. The quantitative estimate of drug-likeness (QED) is 0.479. The topological polar surface area (TPSA) is 21.3 Å². The highest BCUT2D eigenvalue weighted by Crippen LogP contribution is 1.87. The Balaban J connectivity index is 2.94. The second kappa shape index (κ2) is 9.57. The van der Waals surface area contributed by atoms with Gasteiger partial charge in [0.05, 0.1) is 0 Å². The van der Waals surface area contributed by atoms with Crippen molar-refractivity contribution in [1.29, 1.82) is 0 Å².